The number of Topliss-reactive ketones (excluding diaryl/α,β-unsaturated/α-hetero) is 1. The van der Waals surface area contributed by atoms with E-state index in [1.807, 2.05) is 68.3 Å². The predicted octanol–water partition coefficient (Wildman–Crippen LogP) is 7.63. The Hall–Kier alpha value is -4.51. The van der Waals surface area contributed by atoms with Gasteiger partial charge in [0.25, 0.3) is 0 Å². The number of hydrogen-bond acceptors (Lipinski definition) is 6. The number of aromatic nitrogens is 1. The minimum Gasteiger partial charge on any atom is -0.382 e. The van der Waals surface area contributed by atoms with Crippen molar-refractivity contribution in [1.82, 2.24) is 9.47 Å². The molecular weight excluding hydrogens is 632 g/mol. The van der Waals surface area contributed by atoms with Crippen LogP contribution in [0.2, 0.25) is 0 Å². The third-order valence-corrected chi connectivity index (χ3v) is 9.26. The molecule has 2 heterocycles. The predicted molar refractivity (Wildman–Crippen MR) is 187 cm³/mol. The second-order valence-electron chi connectivity index (χ2n) is 13.1. The van der Waals surface area contributed by atoms with E-state index in [1.54, 1.807) is 12.1 Å². The number of carbonyl (C=O) groups is 2. The minimum atomic E-state index is -1.87. The number of nitrogens with zero attached hydrogens (tertiary/aromatic N) is 2. The van der Waals surface area contributed by atoms with Gasteiger partial charge >= 0.3 is 0 Å². The number of thiophene rings is 1. The SMILES string of the molecule is CC(C)CC(=O)Nc1ccc(-c2sc3c(c2CN(C)Cc2ccccc2)c(=O)c(C(=O)C(C)(C)O)cn3Cc2c(F)cccc2F)cc1. The summed E-state index contributed by atoms with van der Waals surface area (Å²) in [4.78, 5) is 43.3. The molecule has 0 bridgehead atoms. The standard InChI is InChI=1S/C38H39F2N3O4S/c1-23(2)18-32(44)41-26-16-14-25(15-17-26)35-28(20-42(5)19-24-10-7-6-8-11-24)33-34(45)29(36(46)38(3,4)47)22-43(37(33)48-35)21-27-30(39)12-9-13-31(27)40/h6-17,22-23,47H,18-21H2,1-5H3,(H,41,44). The van der Waals surface area contributed by atoms with Gasteiger partial charge in [0.1, 0.15) is 22.1 Å². The number of anilines is 1. The zero-order valence-corrected chi connectivity index (χ0v) is 28.5. The molecule has 0 aliphatic heterocycles. The summed E-state index contributed by atoms with van der Waals surface area (Å²) in [5.41, 5.74) is 0.170. The molecule has 0 aliphatic rings. The summed E-state index contributed by atoms with van der Waals surface area (Å²) in [5.74, 6) is -2.20. The van der Waals surface area contributed by atoms with Gasteiger partial charge < -0.3 is 15.0 Å². The van der Waals surface area contributed by atoms with Crippen molar-refractivity contribution in [2.24, 2.45) is 5.92 Å². The Kier molecular flexibility index (Phi) is 10.4. The minimum absolute atomic E-state index is 0.0933. The van der Waals surface area contributed by atoms with Gasteiger partial charge in [-0.2, -0.15) is 0 Å². The molecule has 0 fully saturated rings. The van der Waals surface area contributed by atoms with Gasteiger partial charge in [-0.05, 0) is 67.8 Å². The first-order chi connectivity index (χ1) is 22.7. The zero-order chi connectivity index (χ0) is 34.7. The van der Waals surface area contributed by atoms with Crippen LogP contribution < -0.4 is 10.7 Å². The monoisotopic (exact) mass is 671 g/mol. The highest BCUT2D eigenvalue weighted by atomic mass is 32.1. The summed E-state index contributed by atoms with van der Waals surface area (Å²) in [6.45, 7) is 7.12. The zero-order valence-electron chi connectivity index (χ0n) is 27.6. The molecule has 0 atom stereocenters. The number of pyridine rings is 1. The van der Waals surface area contributed by atoms with E-state index < -0.39 is 28.4 Å². The number of carbonyl (C=O) groups excluding carboxylic acids is 2. The molecule has 2 aromatic heterocycles. The molecule has 0 aliphatic carbocycles. The molecule has 10 heteroatoms. The lowest BCUT2D eigenvalue weighted by atomic mass is 9.96. The Labute approximate surface area is 282 Å². The van der Waals surface area contributed by atoms with E-state index in [4.69, 9.17) is 0 Å². The second-order valence-corrected chi connectivity index (χ2v) is 14.1. The van der Waals surface area contributed by atoms with Gasteiger partial charge in [-0.1, -0.05) is 62.4 Å². The van der Waals surface area contributed by atoms with Gasteiger partial charge in [0, 0.05) is 41.8 Å². The molecule has 3 aromatic carbocycles. The molecule has 0 saturated heterocycles. The van der Waals surface area contributed by atoms with Crippen molar-refractivity contribution < 1.29 is 23.5 Å². The van der Waals surface area contributed by atoms with Crippen molar-refractivity contribution in [2.45, 2.75) is 59.4 Å². The Morgan fingerprint density at radius 2 is 1.58 bits per heavy atom. The molecule has 2 N–H and O–H groups in total. The van der Waals surface area contributed by atoms with Crippen LogP contribution in [-0.4, -0.2) is 38.9 Å². The smallest absolute Gasteiger partial charge is 0.224 e. The quantitative estimate of drug-likeness (QED) is 0.133. The second kappa shape index (κ2) is 14.3. The van der Waals surface area contributed by atoms with Gasteiger partial charge in [0.15, 0.2) is 5.78 Å². The van der Waals surface area contributed by atoms with Crippen molar-refractivity contribution in [3.63, 3.8) is 0 Å². The lowest BCUT2D eigenvalue weighted by Crippen LogP contribution is -2.35. The van der Waals surface area contributed by atoms with Gasteiger partial charge in [0.2, 0.25) is 11.3 Å². The van der Waals surface area contributed by atoms with Crippen molar-refractivity contribution >= 4 is 38.9 Å². The Balaban J connectivity index is 1.71. The topological polar surface area (TPSA) is 91.6 Å². The van der Waals surface area contributed by atoms with E-state index in [2.05, 4.69) is 5.32 Å². The number of halogens is 2. The molecule has 250 valence electrons. The number of hydrogen-bond donors (Lipinski definition) is 2. The summed E-state index contributed by atoms with van der Waals surface area (Å²) < 4.78 is 31.4. The summed E-state index contributed by atoms with van der Waals surface area (Å²) >= 11 is 1.28. The number of rotatable bonds is 12. The number of aliphatic hydroxyl groups is 1. The van der Waals surface area contributed by atoms with Crippen LogP contribution in [0, 0.1) is 17.6 Å². The number of ketones is 1. The maximum absolute atomic E-state index is 14.9. The lowest BCUT2D eigenvalue weighted by molar-refractivity contribution is -0.116. The highest BCUT2D eigenvalue weighted by Crippen LogP contribution is 2.39. The number of nitrogens with one attached hydrogen (secondary N) is 1. The van der Waals surface area contributed by atoms with Crippen LogP contribution in [0.5, 0.6) is 0 Å². The van der Waals surface area contributed by atoms with E-state index >= 15 is 0 Å². The highest BCUT2D eigenvalue weighted by molar-refractivity contribution is 7.22. The third-order valence-electron chi connectivity index (χ3n) is 7.94. The van der Waals surface area contributed by atoms with Gasteiger partial charge in [-0.3, -0.25) is 19.3 Å². The molecule has 7 nitrogen and oxygen atoms in total. The van der Waals surface area contributed by atoms with Crippen LogP contribution in [0.1, 0.15) is 61.2 Å². The van der Waals surface area contributed by atoms with Crippen molar-refractivity contribution in [3.8, 4) is 10.4 Å². The molecule has 0 radical (unpaired) electrons. The Morgan fingerprint density at radius 3 is 2.19 bits per heavy atom. The summed E-state index contributed by atoms with van der Waals surface area (Å²) in [6, 6.07) is 20.7. The van der Waals surface area contributed by atoms with E-state index in [-0.39, 0.29) is 34.9 Å². The van der Waals surface area contributed by atoms with Crippen molar-refractivity contribution in [1.29, 1.82) is 0 Å². The molecule has 0 saturated carbocycles. The first-order valence-electron chi connectivity index (χ1n) is 15.7. The molecular formula is C38H39F2N3O4S. The average Bonchev–Trinajstić information content (AvgIpc) is 3.39. The molecule has 0 spiro atoms. The van der Waals surface area contributed by atoms with E-state index in [0.717, 1.165) is 28.1 Å². The lowest BCUT2D eigenvalue weighted by Gasteiger charge is -2.19. The number of benzene rings is 3. The largest absolute Gasteiger partial charge is 0.382 e. The molecule has 5 rings (SSSR count). The molecule has 5 aromatic rings. The number of amides is 1. The fraction of sp³-hybridized carbons (Fsp3) is 0.289. The summed E-state index contributed by atoms with van der Waals surface area (Å²) in [7, 11) is 1.92. The van der Waals surface area contributed by atoms with Gasteiger partial charge in [-0.15, -0.1) is 11.3 Å². The van der Waals surface area contributed by atoms with Crippen molar-refractivity contribution in [2.75, 3.05) is 12.4 Å². The Bertz CT molecular complexity index is 1990. The van der Waals surface area contributed by atoms with E-state index in [1.165, 1.54) is 42.0 Å². The maximum atomic E-state index is 14.9. The average molecular weight is 672 g/mol. The first kappa shape index (κ1) is 34.8. The molecule has 48 heavy (non-hydrogen) atoms. The highest BCUT2D eigenvalue weighted by Gasteiger charge is 2.31. The van der Waals surface area contributed by atoms with Gasteiger partial charge in [-0.25, -0.2) is 8.78 Å². The summed E-state index contributed by atoms with van der Waals surface area (Å²) in [6.07, 6.45) is 1.68. The van der Waals surface area contributed by atoms with Crippen LogP contribution in [0.4, 0.5) is 14.5 Å². The van der Waals surface area contributed by atoms with Crippen LogP contribution in [0.3, 0.4) is 0 Å². The maximum Gasteiger partial charge on any atom is 0.224 e. The van der Waals surface area contributed by atoms with Crippen LogP contribution >= 0.6 is 11.3 Å². The summed E-state index contributed by atoms with van der Waals surface area (Å²) in [5, 5.41) is 13.8. The van der Waals surface area contributed by atoms with Crippen LogP contribution in [-0.2, 0) is 24.4 Å². The van der Waals surface area contributed by atoms with E-state index in [0.29, 0.717) is 35.6 Å². The Morgan fingerprint density at radius 1 is 0.938 bits per heavy atom. The first-order valence-corrected chi connectivity index (χ1v) is 16.6. The number of fused-ring (bicyclic) bond motifs is 1. The van der Waals surface area contributed by atoms with Crippen molar-refractivity contribution in [3.05, 3.63) is 123 Å². The third kappa shape index (κ3) is 7.78. The van der Waals surface area contributed by atoms with Gasteiger partial charge in [0.05, 0.1) is 17.5 Å². The normalized spacial score (nSPS) is 11.9. The van der Waals surface area contributed by atoms with E-state index in [9.17, 15) is 28.3 Å². The van der Waals surface area contributed by atoms with Crippen LogP contribution in [0.15, 0.2) is 83.8 Å². The fourth-order valence-corrected chi connectivity index (χ4v) is 6.94. The molecule has 1 amide bonds. The molecule has 0 unspecified atom stereocenters. The fourth-order valence-electron chi connectivity index (χ4n) is 5.65. The van der Waals surface area contributed by atoms with Crippen LogP contribution in [0.25, 0.3) is 20.7 Å².